The first kappa shape index (κ1) is 23.5. The van der Waals surface area contributed by atoms with Gasteiger partial charge >= 0.3 is 0 Å². The highest BCUT2D eigenvalue weighted by molar-refractivity contribution is 6.46. The number of aliphatic hydroxyl groups is 1. The van der Waals surface area contributed by atoms with Crippen LogP contribution in [0.5, 0.6) is 5.75 Å². The van der Waals surface area contributed by atoms with Gasteiger partial charge in [-0.15, -0.1) is 0 Å². The summed E-state index contributed by atoms with van der Waals surface area (Å²) < 4.78 is 10.7. The van der Waals surface area contributed by atoms with Crippen molar-refractivity contribution in [2.75, 3.05) is 26.9 Å². The number of amides is 1. The molecule has 1 amide bonds. The summed E-state index contributed by atoms with van der Waals surface area (Å²) in [4.78, 5) is 27.4. The van der Waals surface area contributed by atoms with Gasteiger partial charge in [-0.3, -0.25) is 9.59 Å². The lowest BCUT2D eigenvalue weighted by Gasteiger charge is -2.26. The Hall–Kier alpha value is -3.12. The number of ether oxygens (including phenoxy) is 2. The van der Waals surface area contributed by atoms with Crippen molar-refractivity contribution in [3.63, 3.8) is 0 Å². The average Bonchev–Trinajstić information content (AvgIpc) is 3.02. The van der Waals surface area contributed by atoms with Crippen molar-refractivity contribution in [3.8, 4) is 5.75 Å². The molecule has 6 heteroatoms. The van der Waals surface area contributed by atoms with Gasteiger partial charge in [0.15, 0.2) is 0 Å². The van der Waals surface area contributed by atoms with Crippen molar-refractivity contribution in [1.82, 2.24) is 4.90 Å². The van der Waals surface area contributed by atoms with Crippen molar-refractivity contribution in [2.24, 2.45) is 0 Å². The van der Waals surface area contributed by atoms with E-state index in [-0.39, 0.29) is 29.9 Å². The van der Waals surface area contributed by atoms with E-state index >= 15 is 0 Å². The summed E-state index contributed by atoms with van der Waals surface area (Å²) in [7, 11) is 1.54. The van der Waals surface area contributed by atoms with E-state index in [2.05, 4.69) is 20.8 Å². The third-order valence-electron chi connectivity index (χ3n) is 5.59. The minimum atomic E-state index is -0.703. The van der Waals surface area contributed by atoms with Crippen LogP contribution in [0.4, 0.5) is 0 Å². The molecule has 3 rings (SSSR count). The second kappa shape index (κ2) is 9.57. The molecule has 1 heterocycles. The standard InChI is InChI=1S/C26H31NO5/c1-6-32-20-9-7-8-18(16-20)23(28)21-22(27(14-15-31-5)25(30)24(21)29)17-10-12-19(13-11-17)26(2,3)4/h7-13,16,22,28H,6,14-15H2,1-5H3/b23-21+. The van der Waals surface area contributed by atoms with Gasteiger partial charge in [0.25, 0.3) is 11.7 Å². The first-order valence-corrected chi connectivity index (χ1v) is 10.8. The Morgan fingerprint density at radius 2 is 1.78 bits per heavy atom. The van der Waals surface area contributed by atoms with E-state index in [4.69, 9.17) is 9.47 Å². The molecule has 0 spiro atoms. The molecule has 2 aromatic carbocycles. The van der Waals surface area contributed by atoms with E-state index < -0.39 is 17.7 Å². The molecule has 0 bridgehead atoms. The predicted molar refractivity (Wildman–Crippen MR) is 124 cm³/mol. The van der Waals surface area contributed by atoms with Crippen LogP contribution in [0, 0.1) is 0 Å². The highest BCUT2D eigenvalue weighted by atomic mass is 16.5. The lowest BCUT2D eigenvalue weighted by atomic mass is 9.85. The molecule has 0 saturated carbocycles. The molecule has 1 atom stereocenters. The number of Topliss-reactive ketones (excluding diaryl/α,β-unsaturated/α-hetero) is 1. The normalized spacial score (nSPS) is 18.3. The predicted octanol–water partition coefficient (Wildman–Crippen LogP) is 4.45. The maximum Gasteiger partial charge on any atom is 0.295 e. The zero-order valence-electron chi connectivity index (χ0n) is 19.3. The van der Waals surface area contributed by atoms with Gasteiger partial charge < -0.3 is 19.5 Å². The number of methoxy groups -OCH3 is 1. The van der Waals surface area contributed by atoms with Crippen LogP contribution in [0.25, 0.3) is 5.76 Å². The molecule has 32 heavy (non-hydrogen) atoms. The van der Waals surface area contributed by atoms with Crippen LogP contribution in [0.1, 0.15) is 50.4 Å². The molecule has 1 unspecified atom stereocenters. The molecule has 1 fully saturated rings. The molecule has 6 nitrogen and oxygen atoms in total. The summed E-state index contributed by atoms with van der Waals surface area (Å²) in [6.45, 7) is 9.24. The largest absolute Gasteiger partial charge is 0.507 e. The third-order valence-corrected chi connectivity index (χ3v) is 5.59. The Morgan fingerprint density at radius 1 is 1.09 bits per heavy atom. The summed E-state index contributed by atoms with van der Waals surface area (Å²) in [6.07, 6.45) is 0. The summed E-state index contributed by atoms with van der Waals surface area (Å²) in [6, 6.07) is 14.0. The van der Waals surface area contributed by atoms with Crippen LogP contribution in [0.3, 0.4) is 0 Å². The first-order chi connectivity index (χ1) is 15.2. The van der Waals surface area contributed by atoms with Crippen LogP contribution in [0.2, 0.25) is 0 Å². The Morgan fingerprint density at radius 3 is 2.38 bits per heavy atom. The average molecular weight is 438 g/mol. The number of rotatable bonds is 7. The van der Waals surface area contributed by atoms with Gasteiger partial charge in [-0.05, 0) is 35.6 Å². The number of likely N-dealkylation sites (tertiary alicyclic amines) is 1. The minimum absolute atomic E-state index is 0.0316. The van der Waals surface area contributed by atoms with Gasteiger partial charge in [-0.2, -0.15) is 0 Å². The molecule has 0 aromatic heterocycles. The van der Waals surface area contributed by atoms with Gasteiger partial charge in [0.2, 0.25) is 0 Å². The van der Waals surface area contributed by atoms with Crippen LogP contribution in [-0.4, -0.2) is 48.6 Å². The molecular weight excluding hydrogens is 406 g/mol. The van der Waals surface area contributed by atoms with Crippen molar-refractivity contribution >= 4 is 17.4 Å². The van der Waals surface area contributed by atoms with Crippen molar-refractivity contribution in [3.05, 3.63) is 70.8 Å². The lowest BCUT2D eigenvalue weighted by Crippen LogP contribution is -2.32. The minimum Gasteiger partial charge on any atom is -0.507 e. The Bertz CT molecular complexity index is 1020. The van der Waals surface area contributed by atoms with Crippen molar-refractivity contribution < 1.29 is 24.2 Å². The molecule has 0 radical (unpaired) electrons. The van der Waals surface area contributed by atoms with Crippen LogP contribution in [0.15, 0.2) is 54.1 Å². The Labute approximate surface area is 189 Å². The third kappa shape index (κ3) is 4.70. The van der Waals surface area contributed by atoms with E-state index in [1.807, 2.05) is 31.2 Å². The molecule has 0 aliphatic carbocycles. The van der Waals surface area contributed by atoms with Crippen LogP contribution < -0.4 is 4.74 Å². The SMILES string of the molecule is CCOc1cccc(/C(O)=C2\C(=O)C(=O)N(CCOC)C2c2ccc(C(C)(C)C)cc2)c1. The quantitative estimate of drug-likeness (QED) is 0.393. The van der Waals surface area contributed by atoms with E-state index in [0.29, 0.717) is 17.9 Å². The highest BCUT2D eigenvalue weighted by Gasteiger charge is 2.45. The fraction of sp³-hybridized carbons (Fsp3) is 0.385. The fourth-order valence-corrected chi connectivity index (χ4v) is 3.87. The van der Waals surface area contributed by atoms with Crippen molar-refractivity contribution in [2.45, 2.75) is 39.2 Å². The van der Waals surface area contributed by atoms with Gasteiger partial charge in [-0.1, -0.05) is 57.2 Å². The number of carbonyl (C=O) groups excluding carboxylic acids is 2. The maximum absolute atomic E-state index is 13.0. The van der Waals surface area contributed by atoms with Crippen LogP contribution in [-0.2, 0) is 19.7 Å². The summed E-state index contributed by atoms with van der Waals surface area (Å²) in [5, 5.41) is 11.2. The van der Waals surface area contributed by atoms with Crippen molar-refractivity contribution in [1.29, 1.82) is 0 Å². The topological polar surface area (TPSA) is 76.1 Å². The maximum atomic E-state index is 13.0. The van der Waals surface area contributed by atoms with Gasteiger partial charge in [0.1, 0.15) is 11.5 Å². The van der Waals surface area contributed by atoms with Gasteiger partial charge in [-0.25, -0.2) is 0 Å². The highest BCUT2D eigenvalue weighted by Crippen LogP contribution is 2.40. The Kier molecular flexibility index (Phi) is 7.04. The summed E-state index contributed by atoms with van der Waals surface area (Å²) in [5.74, 6) is -0.981. The summed E-state index contributed by atoms with van der Waals surface area (Å²) >= 11 is 0. The van der Waals surface area contributed by atoms with Gasteiger partial charge in [0, 0.05) is 19.2 Å². The number of nitrogens with zero attached hydrogens (tertiary/aromatic N) is 1. The molecular formula is C26H31NO5. The second-order valence-electron chi connectivity index (χ2n) is 8.82. The first-order valence-electron chi connectivity index (χ1n) is 10.8. The van der Waals surface area contributed by atoms with E-state index in [9.17, 15) is 14.7 Å². The molecule has 170 valence electrons. The molecule has 1 saturated heterocycles. The zero-order valence-corrected chi connectivity index (χ0v) is 19.3. The lowest BCUT2D eigenvalue weighted by molar-refractivity contribution is -0.140. The fourth-order valence-electron chi connectivity index (χ4n) is 3.87. The molecule has 1 N–H and O–H groups in total. The molecule has 2 aromatic rings. The molecule has 1 aliphatic rings. The Balaban J connectivity index is 2.13. The molecule has 1 aliphatic heterocycles. The summed E-state index contributed by atoms with van der Waals surface area (Å²) in [5.41, 5.74) is 2.37. The number of benzene rings is 2. The monoisotopic (exact) mass is 437 g/mol. The smallest absolute Gasteiger partial charge is 0.295 e. The zero-order chi connectivity index (χ0) is 23.5. The van der Waals surface area contributed by atoms with E-state index in [0.717, 1.165) is 11.1 Å². The number of aliphatic hydroxyl groups excluding tert-OH is 1. The number of hydrogen-bond acceptors (Lipinski definition) is 5. The number of ketones is 1. The number of carbonyl (C=O) groups is 2. The second-order valence-corrected chi connectivity index (χ2v) is 8.82. The van der Waals surface area contributed by atoms with E-state index in [1.165, 1.54) is 4.90 Å². The van der Waals surface area contributed by atoms with Gasteiger partial charge in [0.05, 0.1) is 24.8 Å². The van der Waals surface area contributed by atoms with E-state index in [1.54, 1.807) is 31.4 Å². The van der Waals surface area contributed by atoms with Crippen LogP contribution >= 0.6 is 0 Å². The number of hydrogen-bond donors (Lipinski definition) is 1.